The molecule has 7 nitrogen and oxygen atoms in total. The second-order valence-electron chi connectivity index (χ2n) is 6.86. The van der Waals surface area contributed by atoms with Gasteiger partial charge in [0.1, 0.15) is 11.9 Å². The molecular formula is C18H20F3N3O4S. The van der Waals surface area contributed by atoms with Crippen LogP contribution >= 0.6 is 0 Å². The van der Waals surface area contributed by atoms with E-state index >= 15 is 0 Å². The summed E-state index contributed by atoms with van der Waals surface area (Å²) in [6.45, 7) is 1.58. The monoisotopic (exact) mass is 431 g/mol. The van der Waals surface area contributed by atoms with Crippen molar-refractivity contribution in [2.45, 2.75) is 35.7 Å². The third-order valence-corrected chi connectivity index (χ3v) is 7.13. The van der Waals surface area contributed by atoms with Crippen molar-refractivity contribution >= 4 is 21.6 Å². The van der Waals surface area contributed by atoms with Gasteiger partial charge in [0, 0.05) is 19.7 Å². The molecule has 1 aromatic heterocycles. The lowest BCUT2D eigenvalue weighted by Gasteiger charge is -2.24. The zero-order valence-electron chi connectivity index (χ0n) is 16.0. The lowest BCUT2D eigenvalue weighted by molar-refractivity contribution is -0.142. The lowest BCUT2D eigenvalue weighted by Crippen LogP contribution is -2.38. The summed E-state index contributed by atoms with van der Waals surface area (Å²) in [7, 11) is -1.56. The number of benzene rings is 1. The van der Waals surface area contributed by atoms with Crippen molar-refractivity contribution in [3.05, 3.63) is 41.6 Å². The fraction of sp³-hybridized carbons (Fsp3) is 0.444. The highest BCUT2D eigenvalue weighted by Gasteiger charge is 2.47. The number of hydrogen-bond acceptors (Lipinski definition) is 6. The largest absolute Gasteiger partial charge is 0.467 e. The quantitative estimate of drug-likeness (QED) is 0.692. The molecule has 2 aromatic rings. The number of ether oxygens (including phenoxy) is 1. The Hall–Kier alpha value is -2.56. The number of aromatic nitrogens is 2. The summed E-state index contributed by atoms with van der Waals surface area (Å²) in [6.07, 6.45) is -5.01. The van der Waals surface area contributed by atoms with Gasteiger partial charge in [0.2, 0.25) is 0 Å². The number of hydrogen-bond donors (Lipinski definition) is 0. The van der Waals surface area contributed by atoms with E-state index in [0.717, 1.165) is 18.2 Å². The normalized spacial score (nSPS) is 20.1. The van der Waals surface area contributed by atoms with Crippen LogP contribution in [0.5, 0.6) is 0 Å². The van der Waals surface area contributed by atoms with Crippen LogP contribution < -0.4 is 4.90 Å². The van der Waals surface area contributed by atoms with E-state index in [9.17, 15) is 26.4 Å². The fourth-order valence-corrected chi connectivity index (χ4v) is 5.54. The van der Waals surface area contributed by atoms with Crippen molar-refractivity contribution in [1.29, 1.82) is 0 Å². The second-order valence-corrected chi connectivity index (χ2v) is 9.05. The summed E-state index contributed by atoms with van der Waals surface area (Å²) >= 11 is 0. The Balaban J connectivity index is 2.04. The number of carbonyl (C=O) groups is 1. The van der Waals surface area contributed by atoms with E-state index in [2.05, 4.69) is 5.10 Å². The van der Waals surface area contributed by atoms with Gasteiger partial charge in [-0.3, -0.25) is 4.68 Å². The molecule has 11 heteroatoms. The average molecular weight is 431 g/mol. The van der Waals surface area contributed by atoms with Crippen LogP contribution in [0, 0.1) is 6.92 Å². The Labute approximate surface area is 166 Å². The van der Waals surface area contributed by atoms with E-state index in [4.69, 9.17) is 4.74 Å². The van der Waals surface area contributed by atoms with Gasteiger partial charge in [-0.2, -0.15) is 18.3 Å². The molecule has 0 saturated carbocycles. The molecule has 1 saturated heterocycles. The third-order valence-electron chi connectivity index (χ3n) is 4.95. The highest BCUT2D eigenvalue weighted by molar-refractivity contribution is 7.92. The van der Waals surface area contributed by atoms with Crippen molar-refractivity contribution in [3.8, 4) is 0 Å². The van der Waals surface area contributed by atoms with Gasteiger partial charge in [0.15, 0.2) is 9.84 Å². The molecule has 2 atom stereocenters. The Kier molecular flexibility index (Phi) is 5.37. The zero-order valence-corrected chi connectivity index (χ0v) is 16.8. The minimum atomic E-state index is -4.82. The van der Waals surface area contributed by atoms with Crippen LogP contribution in [0.25, 0.3) is 0 Å². The number of methoxy groups -OCH3 is 1. The van der Waals surface area contributed by atoms with Crippen molar-refractivity contribution in [2.75, 3.05) is 18.6 Å². The zero-order chi connectivity index (χ0) is 21.6. The predicted molar refractivity (Wildman–Crippen MR) is 98.1 cm³/mol. The van der Waals surface area contributed by atoms with Crippen LogP contribution in [0.1, 0.15) is 17.7 Å². The number of nitrogens with zero attached hydrogens (tertiary/aromatic N) is 3. The van der Waals surface area contributed by atoms with Crippen molar-refractivity contribution < 1.29 is 31.1 Å². The van der Waals surface area contributed by atoms with E-state index in [1.54, 1.807) is 20.0 Å². The number of halogens is 3. The molecule has 29 heavy (non-hydrogen) atoms. The van der Waals surface area contributed by atoms with Crippen LogP contribution in [-0.4, -0.2) is 49.1 Å². The van der Waals surface area contributed by atoms with E-state index in [-0.39, 0.29) is 13.0 Å². The molecule has 0 N–H and O–H groups in total. The molecule has 0 radical (unpaired) electrons. The summed E-state index contributed by atoms with van der Waals surface area (Å²) < 4.78 is 72.6. The third kappa shape index (κ3) is 3.83. The fourth-order valence-electron chi connectivity index (χ4n) is 3.63. The summed E-state index contributed by atoms with van der Waals surface area (Å²) in [4.78, 5) is 13.0. The van der Waals surface area contributed by atoms with E-state index < -0.39 is 43.7 Å². The number of anilines is 1. The van der Waals surface area contributed by atoms with Crippen molar-refractivity contribution in [3.63, 3.8) is 0 Å². The van der Waals surface area contributed by atoms with Crippen molar-refractivity contribution in [1.82, 2.24) is 9.78 Å². The molecular weight excluding hydrogens is 411 g/mol. The molecule has 1 fully saturated rings. The molecule has 158 valence electrons. The molecule has 2 heterocycles. The number of carbonyl (C=O) groups excluding carboxylic acids is 1. The maximum Gasteiger partial charge on any atom is 0.417 e. The second kappa shape index (κ2) is 7.36. The maximum atomic E-state index is 13.4. The minimum absolute atomic E-state index is 0.159. The van der Waals surface area contributed by atoms with Gasteiger partial charge in [0.05, 0.1) is 28.5 Å². The Bertz CT molecular complexity index is 1030. The van der Waals surface area contributed by atoms with Gasteiger partial charge in [-0.25, -0.2) is 13.2 Å². The summed E-state index contributed by atoms with van der Waals surface area (Å²) in [6, 6.07) is 4.79. The smallest absolute Gasteiger partial charge is 0.417 e. The molecule has 1 aliphatic heterocycles. The van der Waals surface area contributed by atoms with Gasteiger partial charge >= 0.3 is 12.1 Å². The van der Waals surface area contributed by atoms with Crippen molar-refractivity contribution in [2.24, 2.45) is 7.05 Å². The number of aryl methyl sites for hydroxylation is 2. The highest BCUT2D eigenvalue weighted by Crippen LogP contribution is 2.38. The van der Waals surface area contributed by atoms with E-state index in [1.165, 1.54) is 22.8 Å². The number of alkyl halides is 3. The van der Waals surface area contributed by atoms with Gasteiger partial charge in [0.25, 0.3) is 0 Å². The molecule has 0 aliphatic carbocycles. The van der Waals surface area contributed by atoms with Crippen LogP contribution in [-0.2, 0) is 32.6 Å². The SMILES string of the molecule is COC(=O)C1C[C@@H](S(=O)(=O)c2ccccc2C(F)(F)F)CN1c1cc(C)nn1C. The van der Waals surface area contributed by atoms with Crippen LogP contribution in [0.4, 0.5) is 19.0 Å². The standard InChI is InChI=1S/C18H20F3N3O4S/c1-11-8-16(23(2)22-11)24-10-12(9-14(24)17(25)28-3)29(26,27)15-7-5-4-6-13(15)18(19,20)21/h4-8,12,14H,9-10H2,1-3H3/t12-,14?/m1/s1. The summed E-state index contributed by atoms with van der Waals surface area (Å²) in [5.74, 6) is -0.176. The Morgan fingerprint density at radius 3 is 2.48 bits per heavy atom. The van der Waals surface area contributed by atoms with Crippen LogP contribution in [0.3, 0.4) is 0 Å². The predicted octanol–water partition coefficient (Wildman–Crippen LogP) is 2.34. The minimum Gasteiger partial charge on any atom is -0.467 e. The molecule has 1 aliphatic rings. The van der Waals surface area contributed by atoms with Gasteiger partial charge in [-0.05, 0) is 25.5 Å². The average Bonchev–Trinajstić information content (AvgIpc) is 3.23. The highest BCUT2D eigenvalue weighted by atomic mass is 32.2. The first kappa shape index (κ1) is 21.2. The van der Waals surface area contributed by atoms with E-state index in [0.29, 0.717) is 11.5 Å². The first-order valence-electron chi connectivity index (χ1n) is 8.72. The topological polar surface area (TPSA) is 81.5 Å². The molecule has 1 aromatic carbocycles. The van der Waals surface area contributed by atoms with Gasteiger partial charge < -0.3 is 9.64 Å². The van der Waals surface area contributed by atoms with E-state index in [1.807, 2.05) is 0 Å². The van der Waals surface area contributed by atoms with Crippen LogP contribution in [0.2, 0.25) is 0 Å². The first-order valence-corrected chi connectivity index (χ1v) is 10.3. The number of rotatable bonds is 4. The first-order chi connectivity index (χ1) is 13.5. The van der Waals surface area contributed by atoms with Crippen LogP contribution in [0.15, 0.2) is 35.2 Å². The maximum absolute atomic E-state index is 13.4. The number of esters is 1. The van der Waals surface area contributed by atoms with Gasteiger partial charge in [-0.1, -0.05) is 12.1 Å². The molecule has 0 spiro atoms. The molecule has 0 amide bonds. The molecule has 0 bridgehead atoms. The number of sulfone groups is 1. The summed E-state index contributed by atoms with van der Waals surface area (Å²) in [5.41, 5.74) is -0.565. The molecule has 1 unspecified atom stereocenters. The van der Waals surface area contributed by atoms with Gasteiger partial charge in [-0.15, -0.1) is 0 Å². The molecule has 3 rings (SSSR count). The summed E-state index contributed by atoms with van der Waals surface area (Å²) in [5, 5.41) is 2.97. The lowest BCUT2D eigenvalue weighted by atomic mass is 10.2. The Morgan fingerprint density at radius 1 is 1.28 bits per heavy atom. The Morgan fingerprint density at radius 2 is 1.93 bits per heavy atom.